The standard InChI is InChI=1S/C17H25N3O/c1-4-19(5-2)16-8-6-15(7-9-16)17(12-18)20-10-11-21-14(3)13-20/h6-9,14,17H,4-5,10-11,13H2,1-3H3. The fraction of sp³-hybridized carbons (Fsp3) is 0.588. The molecule has 2 rings (SSSR count). The van der Waals surface area contributed by atoms with Gasteiger partial charge in [-0.15, -0.1) is 0 Å². The Labute approximate surface area is 127 Å². The van der Waals surface area contributed by atoms with Crippen LogP contribution in [0.25, 0.3) is 0 Å². The summed E-state index contributed by atoms with van der Waals surface area (Å²) in [5.74, 6) is 0. The van der Waals surface area contributed by atoms with Gasteiger partial charge in [0.15, 0.2) is 0 Å². The van der Waals surface area contributed by atoms with E-state index in [0.29, 0.717) is 6.61 Å². The first-order chi connectivity index (χ1) is 10.2. The number of ether oxygens (including phenoxy) is 1. The van der Waals surface area contributed by atoms with Crippen molar-refractivity contribution in [3.05, 3.63) is 29.8 Å². The topological polar surface area (TPSA) is 39.5 Å². The van der Waals surface area contributed by atoms with E-state index in [1.807, 2.05) is 0 Å². The molecular formula is C17H25N3O. The number of nitriles is 1. The molecule has 1 fully saturated rings. The highest BCUT2D eigenvalue weighted by atomic mass is 16.5. The van der Waals surface area contributed by atoms with Crippen LogP contribution in [0.5, 0.6) is 0 Å². The first kappa shape index (κ1) is 15.8. The predicted molar refractivity (Wildman–Crippen MR) is 85.3 cm³/mol. The average molecular weight is 287 g/mol. The van der Waals surface area contributed by atoms with Crippen LogP contribution in [0.4, 0.5) is 5.69 Å². The van der Waals surface area contributed by atoms with Crippen molar-refractivity contribution >= 4 is 5.69 Å². The number of benzene rings is 1. The lowest BCUT2D eigenvalue weighted by Crippen LogP contribution is -2.42. The monoisotopic (exact) mass is 287 g/mol. The molecule has 4 heteroatoms. The molecule has 114 valence electrons. The second kappa shape index (κ2) is 7.44. The summed E-state index contributed by atoms with van der Waals surface area (Å²) in [5.41, 5.74) is 2.29. The summed E-state index contributed by atoms with van der Waals surface area (Å²) in [4.78, 5) is 4.52. The van der Waals surface area contributed by atoms with Crippen LogP contribution < -0.4 is 4.90 Å². The summed E-state index contributed by atoms with van der Waals surface area (Å²) in [7, 11) is 0. The average Bonchev–Trinajstić information content (AvgIpc) is 2.51. The normalized spacial score (nSPS) is 20.8. The van der Waals surface area contributed by atoms with E-state index in [4.69, 9.17) is 4.74 Å². The number of nitrogens with zero attached hydrogens (tertiary/aromatic N) is 3. The highest BCUT2D eigenvalue weighted by molar-refractivity contribution is 5.48. The second-order valence-corrected chi connectivity index (χ2v) is 5.47. The first-order valence-corrected chi connectivity index (χ1v) is 7.79. The molecule has 1 aromatic rings. The van der Waals surface area contributed by atoms with Gasteiger partial charge in [-0.2, -0.15) is 5.26 Å². The summed E-state index contributed by atoms with van der Waals surface area (Å²) < 4.78 is 5.56. The third kappa shape index (κ3) is 3.75. The molecule has 1 aromatic carbocycles. The van der Waals surface area contributed by atoms with Crippen LogP contribution in [-0.4, -0.2) is 43.8 Å². The van der Waals surface area contributed by atoms with Gasteiger partial charge in [0, 0.05) is 31.9 Å². The maximum Gasteiger partial charge on any atom is 0.124 e. The zero-order valence-electron chi connectivity index (χ0n) is 13.2. The van der Waals surface area contributed by atoms with Gasteiger partial charge in [-0.25, -0.2) is 0 Å². The third-order valence-electron chi connectivity index (χ3n) is 4.10. The van der Waals surface area contributed by atoms with Gasteiger partial charge in [-0.05, 0) is 38.5 Å². The lowest BCUT2D eigenvalue weighted by molar-refractivity contribution is -0.0269. The van der Waals surface area contributed by atoms with Gasteiger partial charge in [0.05, 0.1) is 18.8 Å². The molecule has 2 atom stereocenters. The van der Waals surface area contributed by atoms with Crippen LogP contribution in [-0.2, 0) is 4.74 Å². The van der Waals surface area contributed by atoms with Crippen molar-refractivity contribution < 1.29 is 4.74 Å². The molecule has 0 bridgehead atoms. The Hall–Kier alpha value is -1.57. The second-order valence-electron chi connectivity index (χ2n) is 5.47. The van der Waals surface area contributed by atoms with Crippen molar-refractivity contribution in [1.82, 2.24) is 4.90 Å². The maximum atomic E-state index is 9.55. The van der Waals surface area contributed by atoms with Gasteiger partial charge in [0.25, 0.3) is 0 Å². The summed E-state index contributed by atoms with van der Waals surface area (Å²) in [5, 5.41) is 9.55. The number of hydrogen-bond acceptors (Lipinski definition) is 4. The Morgan fingerprint density at radius 3 is 2.52 bits per heavy atom. The molecule has 4 nitrogen and oxygen atoms in total. The van der Waals surface area contributed by atoms with Gasteiger partial charge in [-0.1, -0.05) is 12.1 Å². The van der Waals surface area contributed by atoms with Crippen LogP contribution in [0.1, 0.15) is 32.4 Å². The molecule has 1 heterocycles. The molecule has 0 saturated carbocycles. The zero-order chi connectivity index (χ0) is 15.2. The summed E-state index contributed by atoms with van der Waals surface area (Å²) in [6, 6.07) is 10.7. The largest absolute Gasteiger partial charge is 0.376 e. The molecule has 0 radical (unpaired) electrons. The van der Waals surface area contributed by atoms with Gasteiger partial charge < -0.3 is 9.64 Å². The third-order valence-corrected chi connectivity index (χ3v) is 4.10. The minimum absolute atomic E-state index is 0.179. The smallest absolute Gasteiger partial charge is 0.124 e. The lowest BCUT2D eigenvalue weighted by atomic mass is 10.0. The fourth-order valence-electron chi connectivity index (χ4n) is 2.90. The van der Waals surface area contributed by atoms with E-state index in [-0.39, 0.29) is 12.1 Å². The van der Waals surface area contributed by atoms with Crippen molar-refractivity contribution in [2.75, 3.05) is 37.7 Å². The molecule has 0 amide bonds. The van der Waals surface area contributed by atoms with Gasteiger partial charge in [0.2, 0.25) is 0 Å². The first-order valence-electron chi connectivity index (χ1n) is 7.79. The molecule has 1 saturated heterocycles. The number of morpholine rings is 1. The molecule has 0 N–H and O–H groups in total. The molecule has 1 aliphatic heterocycles. The Balaban J connectivity index is 2.13. The highest BCUT2D eigenvalue weighted by Gasteiger charge is 2.25. The Bertz CT molecular complexity index is 476. The van der Waals surface area contributed by atoms with Crippen LogP contribution in [0.15, 0.2) is 24.3 Å². The predicted octanol–water partition coefficient (Wildman–Crippen LogP) is 2.82. The van der Waals surface area contributed by atoms with E-state index in [9.17, 15) is 5.26 Å². The van der Waals surface area contributed by atoms with Crippen molar-refractivity contribution in [2.24, 2.45) is 0 Å². The number of rotatable bonds is 5. The SMILES string of the molecule is CCN(CC)c1ccc(C(C#N)N2CCOC(C)C2)cc1. The molecule has 0 aromatic heterocycles. The van der Waals surface area contributed by atoms with Crippen molar-refractivity contribution in [3.8, 4) is 6.07 Å². The Morgan fingerprint density at radius 1 is 1.33 bits per heavy atom. The Kier molecular flexibility index (Phi) is 5.60. The highest BCUT2D eigenvalue weighted by Crippen LogP contribution is 2.25. The fourth-order valence-corrected chi connectivity index (χ4v) is 2.90. The quantitative estimate of drug-likeness (QED) is 0.835. The van der Waals surface area contributed by atoms with E-state index in [2.05, 4.69) is 60.9 Å². The van der Waals surface area contributed by atoms with Gasteiger partial charge in [-0.3, -0.25) is 4.90 Å². The van der Waals surface area contributed by atoms with Crippen LogP contribution in [0.2, 0.25) is 0 Å². The van der Waals surface area contributed by atoms with E-state index in [1.165, 1.54) is 5.69 Å². The van der Waals surface area contributed by atoms with Crippen molar-refractivity contribution in [3.63, 3.8) is 0 Å². The van der Waals surface area contributed by atoms with E-state index < -0.39 is 0 Å². The minimum atomic E-state index is -0.179. The summed E-state index contributed by atoms with van der Waals surface area (Å²) >= 11 is 0. The van der Waals surface area contributed by atoms with Crippen LogP contribution in [0, 0.1) is 11.3 Å². The summed E-state index contributed by atoms with van der Waals surface area (Å²) in [6.45, 7) is 10.7. The summed E-state index contributed by atoms with van der Waals surface area (Å²) in [6.07, 6.45) is 0.199. The lowest BCUT2D eigenvalue weighted by Gasteiger charge is -2.34. The van der Waals surface area contributed by atoms with E-state index >= 15 is 0 Å². The molecule has 1 aliphatic rings. The molecule has 21 heavy (non-hydrogen) atoms. The van der Waals surface area contributed by atoms with Crippen LogP contribution in [0.3, 0.4) is 0 Å². The minimum Gasteiger partial charge on any atom is -0.376 e. The molecule has 2 unspecified atom stereocenters. The molecule has 0 aliphatic carbocycles. The maximum absolute atomic E-state index is 9.55. The van der Waals surface area contributed by atoms with Gasteiger partial charge in [0.1, 0.15) is 6.04 Å². The van der Waals surface area contributed by atoms with Crippen molar-refractivity contribution in [1.29, 1.82) is 5.26 Å². The molecule has 0 spiro atoms. The van der Waals surface area contributed by atoms with Crippen LogP contribution >= 0.6 is 0 Å². The van der Waals surface area contributed by atoms with Crippen molar-refractivity contribution in [2.45, 2.75) is 32.9 Å². The van der Waals surface area contributed by atoms with Gasteiger partial charge >= 0.3 is 0 Å². The van der Waals surface area contributed by atoms with E-state index in [0.717, 1.165) is 31.7 Å². The zero-order valence-corrected chi connectivity index (χ0v) is 13.2. The number of hydrogen-bond donors (Lipinski definition) is 0. The Morgan fingerprint density at radius 2 is 2.00 bits per heavy atom. The number of anilines is 1. The molecular weight excluding hydrogens is 262 g/mol. The van der Waals surface area contributed by atoms with E-state index in [1.54, 1.807) is 0 Å².